The number of ether oxygens (including phenoxy) is 1. The molecule has 0 aliphatic carbocycles. The highest BCUT2D eigenvalue weighted by molar-refractivity contribution is 7.92. The molecule has 3 rings (SSSR count). The van der Waals surface area contributed by atoms with Gasteiger partial charge in [-0.2, -0.15) is 5.26 Å². The molecular weight excluding hydrogens is 530 g/mol. The van der Waals surface area contributed by atoms with Gasteiger partial charge in [-0.1, -0.05) is 36.4 Å². The second-order valence-corrected chi connectivity index (χ2v) is 12.1. The number of sulfonamides is 1. The van der Waals surface area contributed by atoms with Crippen molar-refractivity contribution in [3.8, 4) is 11.8 Å². The van der Waals surface area contributed by atoms with Gasteiger partial charge in [-0.3, -0.25) is 4.31 Å². The van der Waals surface area contributed by atoms with E-state index >= 15 is 0 Å². The minimum atomic E-state index is -4.08. The van der Waals surface area contributed by atoms with Crippen LogP contribution in [-0.4, -0.2) is 56.4 Å². The van der Waals surface area contributed by atoms with E-state index in [1.54, 1.807) is 0 Å². The number of carboxylic acid groups (broad SMARTS) is 1. The van der Waals surface area contributed by atoms with E-state index in [-0.39, 0.29) is 39.6 Å². The van der Waals surface area contributed by atoms with Gasteiger partial charge in [0, 0.05) is 19.1 Å². The average Bonchev–Trinajstić information content (AvgIpc) is 2.95. The van der Waals surface area contributed by atoms with E-state index in [0.29, 0.717) is 6.54 Å². The van der Waals surface area contributed by atoms with E-state index in [2.05, 4.69) is 31.3 Å². The van der Waals surface area contributed by atoms with Crippen LogP contribution in [0.3, 0.4) is 0 Å². The number of nitrogens with one attached hydrogen (secondary N) is 1. The van der Waals surface area contributed by atoms with E-state index in [1.807, 2.05) is 24.3 Å². The standard InChI is InChI=1S/C30H35N3O6S/c1-30(2,16-8-11-22-9-5-4-6-10-22)32-20-26(34)21-39-28-15-14-25(17-24(28)19-31)33(3)40(37,38)27-13-7-12-23(18-27)29(35)36/h4-7,9-10,12-15,17-18,26,32,34H,8,11,16,20-21H2,1-3H3,(H,35,36)/t26-/m1/s1. The molecule has 10 heteroatoms. The number of benzene rings is 3. The fraction of sp³-hybridized carbons (Fsp3) is 0.333. The van der Waals surface area contributed by atoms with Crippen LogP contribution in [0.2, 0.25) is 0 Å². The summed E-state index contributed by atoms with van der Waals surface area (Å²) in [6.07, 6.45) is 2.08. The lowest BCUT2D eigenvalue weighted by atomic mass is 9.95. The molecule has 0 heterocycles. The summed E-state index contributed by atoms with van der Waals surface area (Å²) in [5.74, 6) is -1.02. The molecule has 3 aromatic rings. The number of hydrogen-bond donors (Lipinski definition) is 3. The Kier molecular flexibility index (Phi) is 10.3. The van der Waals surface area contributed by atoms with Crippen LogP contribution >= 0.6 is 0 Å². The quantitative estimate of drug-likeness (QED) is 0.264. The van der Waals surface area contributed by atoms with Gasteiger partial charge in [-0.25, -0.2) is 13.2 Å². The Morgan fingerprint density at radius 2 is 1.82 bits per heavy atom. The Morgan fingerprint density at radius 3 is 2.50 bits per heavy atom. The lowest BCUT2D eigenvalue weighted by molar-refractivity contribution is 0.0696. The fourth-order valence-electron chi connectivity index (χ4n) is 4.12. The van der Waals surface area contributed by atoms with Crippen LogP contribution in [0, 0.1) is 11.3 Å². The first-order chi connectivity index (χ1) is 18.9. The number of anilines is 1. The van der Waals surface area contributed by atoms with Crippen LogP contribution in [-0.2, 0) is 16.4 Å². The molecule has 0 aliphatic rings. The predicted octanol–water partition coefficient (Wildman–Crippen LogP) is 4.21. The van der Waals surface area contributed by atoms with Crippen molar-refractivity contribution in [2.24, 2.45) is 0 Å². The zero-order valence-corrected chi connectivity index (χ0v) is 23.7. The molecule has 0 unspecified atom stereocenters. The van der Waals surface area contributed by atoms with Crippen molar-refractivity contribution in [1.82, 2.24) is 5.32 Å². The number of nitriles is 1. The smallest absolute Gasteiger partial charge is 0.335 e. The van der Waals surface area contributed by atoms with Crippen LogP contribution in [0.15, 0.2) is 77.7 Å². The number of aliphatic hydroxyl groups excluding tert-OH is 1. The summed E-state index contributed by atoms with van der Waals surface area (Å²) in [5.41, 5.74) is 1.25. The number of aromatic carboxylic acids is 1. The van der Waals surface area contributed by atoms with Gasteiger partial charge in [0.2, 0.25) is 0 Å². The molecule has 0 saturated carbocycles. The van der Waals surface area contributed by atoms with Gasteiger partial charge in [-0.05, 0) is 75.1 Å². The first-order valence-electron chi connectivity index (χ1n) is 12.9. The van der Waals surface area contributed by atoms with Crippen LogP contribution in [0.5, 0.6) is 5.75 Å². The van der Waals surface area contributed by atoms with Crippen LogP contribution in [0.4, 0.5) is 5.69 Å². The van der Waals surface area contributed by atoms with Crippen LogP contribution in [0.1, 0.15) is 48.2 Å². The Morgan fingerprint density at radius 1 is 1.10 bits per heavy atom. The molecule has 0 amide bonds. The van der Waals surface area contributed by atoms with E-state index in [9.17, 15) is 28.7 Å². The number of carboxylic acids is 1. The van der Waals surface area contributed by atoms with Crippen LogP contribution in [0.25, 0.3) is 0 Å². The molecular formula is C30H35N3O6S. The first kappa shape index (κ1) is 30.6. The highest BCUT2D eigenvalue weighted by Gasteiger charge is 2.24. The van der Waals surface area contributed by atoms with Gasteiger partial charge in [0.15, 0.2) is 0 Å². The fourth-order valence-corrected chi connectivity index (χ4v) is 5.35. The maximum atomic E-state index is 13.1. The number of aryl methyl sites for hydroxylation is 1. The summed E-state index contributed by atoms with van der Waals surface area (Å²) in [6.45, 7) is 4.41. The minimum Gasteiger partial charge on any atom is -0.489 e. The lowest BCUT2D eigenvalue weighted by Gasteiger charge is -2.28. The van der Waals surface area contributed by atoms with Gasteiger partial charge in [0.05, 0.1) is 21.7 Å². The molecule has 0 aliphatic heterocycles. The van der Waals surface area contributed by atoms with Crippen molar-refractivity contribution in [2.45, 2.75) is 49.6 Å². The molecule has 0 spiro atoms. The summed E-state index contributed by atoms with van der Waals surface area (Å²) >= 11 is 0. The van der Waals surface area contributed by atoms with E-state index < -0.39 is 22.1 Å². The number of aliphatic hydroxyl groups is 1. The van der Waals surface area contributed by atoms with Crippen molar-refractivity contribution in [1.29, 1.82) is 5.26 Å². The Labute approximate surface area is 235 Å². The topological polar surface area (TPSA) is 140 Å². The second kappa shape index (κ2) is 13.4. The number of carbonyl (C=O) groups is 1. The molecule has 3 aromatic carbocycles. The molecule has 0 fully saturated rings. The molecule has 0 saturated heterocycles. The Bertz CT molecular complexity index is 1450. The molecule has 40 heavy (non-hydrogen) atoms. The third kappa shape index (κ3) is 8.29. The van der Waals surface area contributed by atoms with E-state index in [0.717, 1.165) is 29.6 Å². The summed E-state index contributed by atoms with van der Waals surface area (Å²) in [5, 5.41) is 32.7. The predicted molar refractivity (Wildman–Crippen MR) is 153 cm³/mol. The van der Waals surface area contributed by atoms with E-state index in [1.165, 1.54) is 49.0 Å². The molecule has 212 valence electrons. The Balaban J connectivity index is 1.57. The maximum Gasteiger partial charge on any atom is 0.335 e. The van der Waals surface area contributed by atoms with Crippen molar-refractivity contribution in [2.75, 3.05) is 24.5 Å². The molecule has 0 bridgehead atoms. The first-order valence-corrected chi connectivity index (χ1v) is 14.3. The highest BCUT2D eigenvalue weighted by Crippen LogP contribution is 2.28. The number of β-amino-alcohol motifs (C(OH)–C–C–N with tert-alkyl or cyclic N) is 1. The zero-order valence-electron chi connectivity index (χ0n) is 22.9. The molecule has 9 nitrogen and oxygen atoms in total. The van der Waals surface area contributed by atoms with Gasteiger partial charge in [-0.15, -0.1) is 0 Å². The number of hydrogen-bond acceptors (Lipinski definition) is 7. The van der Waals surface area contributed by atoms with Crippen molar-refractivity contribution < 1.29 is 28.2 Å². The van der Waals surface area contributed by atoms with Crippen molar-refractivity contribution in [3.63, 3.8) is 0 Å². The largest absolute Gasteiger partial charge is 0.489 e. The third-order valence-corrected chi connectivity index (χ3v) is 8.33. The normalized spacial score (nSPS) is 12.4. The third-order valence-electron chi connectivity index (χ3n) is 6.54. The Hall–Kier alpha value is -3.91. The molecule has 3 N–H and O–H groups in total. The summed E-state index contributed by atoms with van der Waals surface area (Å²) in [7, 11) is -2.77. The number of nitrogens with zero attached hydrogens (tertiary/aromatic N) is 2. The average molecular weight is 566 g/mol. The van der Waals surface area contributed by atoms with Gasteiger partial charge >= 0.3 is 5.97 Å². The van der Waals surface area contributed by atoms with Crippen molar-refractivity contribution >= 4 is 21.7 Å². The molecule has 0 aromatic heterocycles. The molecule has 1 atom stereocenters. The van der Waals surface area contributed by atoms with E-state index in [4.69, 9.17) is 4.74 Å². The SMILES string of the molecule is CN(c1ccc(OC[C@H](O)CNC(C)(C)CCCc2ccccc2)c(C#N)c1)S(=O)(=O)c1cccc(C(=O)O)c1. The lowest BCUT2D eigenvalue weighted by Crippen LogP contribution is -2.44. The summed E-state index contributed by atoms with van der Waals surface area (Å²) in [4.78, 5) is 11.1. The van der Waals surface area contributed by atoms with Crippen LogP contribution < -0.4 is 14.4 Å². The van der Waals surface area contributed by atoms with Gasteiger partial charge in [0.25, 0.3) is 10.0 Å². The maximum absolute atomic E-state index is 13.1. The highest BCUT2D eigenvalue weighted by atomic mass is 32.2. The monoisotopic (exact) mass is 565 g/mol. The minimum absolute atomic E-state index is 0.0583. The van der Waals surface area contributed by atoms with Gasteiger partial charge in [0.1, 0.15) is 24.5 Å². The molecule has 0 radical (unpaired) electrons. The number of rotatable bonds is 14. The summed E-state index contributed by atoms with van der Waals surface area (Å²) < 4.78 is 32.8. The zero-order chi connectivity index (χ0) is 29.3. The van der Waals surface area contributed by atoms with Crippen molar-refractivity contribution in [3.05, 3.63) is 89.5 Å². The summed E-state index contributed by atoms with van der Waals surface area (Å²) in [6, 6.07) is 21.7. The second-order valence-electron chi connectivity index (χ2n) is 10.2. The van der Waals surface area contributed by atoms with Gasteiger partial charge < -0.3 is 20.3 Å².